The molecule has 0 radical (unpaired) electrons. The van der Waals surface area contributed by atoms with Crippen LogP contribution in [0.4, 0.5) is 5.82 Å². The van der Waals surface area contributed by atoms with Crippen LogP contribution in [0.2, 0.25) is 5.02 Å². The molecule has 0 aliphatic carbocycles. The highest BCUT2D eigenvalue weighted by Crippen LogP contribution is 2.20. The normalized spacial score (nSPS) is 10.3. The minimum atomic E-state index is 0.308. The summed E-state index contributed by atoms with van der Waals surface area (Å²) in [6, 6.07) is 8.62. The van der Waals surface area contributed by atoms with Crippen LogP contribution in [-0.2, 0) is 6.42 Å². The molecule has 19 heavy (non-hydrogen) atoms. The van der Waals surface area contributed by atoms with Crippen LogP contribution in [0, 0.1) is 6.92 Å². The second-order valence-corrected chi connectivity index (χ2v) is 4.56. The Morgan fingerprint density at radius 3 is 2.84 bits per heavy atom. The van der Waals surface area contributed by atoms with Crippen molar-refractivity contribution in [3.05, 3.63) is 46.6 Å². The number of nitrogens with zero attached hydrogens (tertiary/aromatic N) is 2. The van der Waals surface area contributed by atoms with E-state index in [-0.39, 0.29) is 0 Å². The van der Waals surface area contributed by atoms with Gasteiger partial charge in [-0.2, -0.15) is 4.98 Å². The summed E-state index contributed by atoms with van der Waals surface area (Å²) in [6.45, 7) is 2.86. The van der Waals surface area contributed by atoms with Crippen molar-refractivity contribution in [2.24, 2.45) is 0 Å². The number of halogens is 1. The van der Waals surface area contributed by atoms with Crippen molar-refractivity contribution in [2.75, 3.05) is 19.0 Å². The summed E-state index contributed by atoms with van der Waals surface area (Å²) in [5.74, 6) is 0.599. The highest BCUT2D eigenvalue weighted by atomic mass is 35.5. The zero-order valence-corrected chi connectivity index (χ0v) is 11.7. The van der Waals surface area contributed by atoms with E-state index in [9.17, 15) is 0 Å². The van der Waals surface area contributed by atoms with Crippen molar-refractivity contribution in [2.45, 2.75) is 13.3 Å². The number of nitrogens with one attached hydrogen (secondary N) is 1. The quantitative estimate of drug-likeness (QED) is 0.912. The van der Waals surface area contributed by atoms with Gasteiger partial charge in [-0.15, -0.1) is 0 Å². The van der Waals surface area contributed by atoms with Gasteiger partial charge in [-0.3, -0.25) is 0 Å². The molecule has 0 aliphatic rings. The standard InChI is InChI=1S/C14H16ClN3O/c1-10-5-3-4-6-11(10)7-8-16-13-12(15)9-17-14(18-13)19-2/h3-6,9H,7-8H2,1-2H3,(H,16,17,18). The molecule has 0 unspecified atom stereocenters. The SMILES string of the molecule is COc1ncc(Cl)c(NCCc2ccccc2C)n1. The van der Waals surface area contributed by atoms with Crippen LogP contribution in [0.15, 0.2) is 30.5 Å². The Morgan fingerprint density at radius 1 is 1.32 bits per heavy atom. The minimum absolute atomic E-state index is 0.308. The Labute approximate surface area is 117 Å². The van der Waals surface area contributed by atoms with E-state index in [4.69, 9.17) is 16.3 Å². The molecule has 1 heterocycles. The number of benzene rings is 1. The summed E-state index contributed by atoms with van der Waals surface area (Å²) in [4.78, 5) is 8.10. The van der Waals surface area contributed by atoms with Crippen molar-refractivity contribution in [3.8, 4) is 6.01 Å². The van der Waals surface area contributed by atoms with Crippen molar-refractivity contribution in [1.82, 2.24) is 9.97 Å². The van der Waals surface area contributed by atoms with E-state index < -0.39 is 0 Å². The lowest BCUT2D eigenvalue weighted by atomic mass is 10.1. The van der Waals surface area contributed by atoms with Crippen molar-refractivity contribution in [1.29, 1.82) is 0 Å². The van der Waals surface area contributed by atoms with Crippen LogP contribution < -0.4 is 10.1 Å². The van der Waals surface area contributed by atoms with Gasteiger partial charge in [0.15, 0.2) is 5.82 Å². The lowest BCUT2D eigenvalue weighted by Gasteiger charge is -2.09. The molecule has 0 bridgehead atoms. The molecule has 0 fully saturated rings. The number of rotatable bonds is 5. The summed E-state index contributed by atoms with van der Waals surface area (Å²) >= 11 is 6.02. The molecule has 0 spiro atoms. The molecule has 0 aliphatic heterocycles. The van der Waals surface area contributed by atoms with Gasteiger partial charge in [0.05, 0.1) is 13.3 Å². The third-order valence-corrected chi connectivity index (χ3v) is 3.13. The van der Waals surface area contributed by atoms with E-state index in [2.05, 4.69) is 34.3 Å². The van der Waals surface area contributed by atoms with Crippen molar-refractivity contribution in [3.63, 3.8) is 0 Å². The molecular weight excluding hydrogens is 262 g/mol. The molecule has 0 saturated carbocycles. The topological polar surface area (TPSA) is 47.0 Å². The number of hydrogen-bond acceptors (Lipinski definition) is 4. The zero-order valence-electron chi connectivity index (χ0n) is 11.0. The predicted octanol–water partition coefficient (Wildman–Crippen LogP) is 3.10. The summed E-state index contributed by atoms with van der Waals surface area (Å²) < 4.78 is 4.97. The second-order valence-electron chi connectivity index (χ2n) is 4.16. The molecule has 100 valence electrons. The molecular formula is C14H16ClN3O. The van der Waals surface area contributed by atoms with E-state index in [1.165, 1.54) is 24.4 Å². The molecule has 4 nitrogen and oxygen atoms in total. The number of methoxy groups -OCH3 is 1. The first-order valence-electron chi connectivity index (χ1n) is 6.05. The molecule has 1 N–H and O–H groups in total. The first-order chi connectivity index (χ1) is 9.20. The van der Waals surface area contributed by atoms with E-state index in [0.29, 0.717) is 16.9 Å². The van der Waals surface area contributed by atoms with Crippen LogP contribution in [-0.4, -0.2) is 23.6 Å². The summed E-state index contributed by atoms with van der Waals surface area (Å²) in [5, 5.41) is 3.69. The van der Waals surface area contributed by atoms with Gasteiger partial charge in [0.25, 0.3) is 0 Å². The van der Waals surface area contributed by atoms with Gasteiger partial charge in [-0.1, -0.05) is 35.9 Å². The Morgan fingerprint density at radius 2 is 2.11 bits per heavy atom. The van der Waals surface area contributed by atoms with Crippen LogP contribution >= 0.6 is 11.6 Å². The van der Waals surface area contributed by atoms with Gasteiger partial charge in [-0.05, 0) is 24.5 Å². The van der Waals surface area contributed by atoms with Crippen LogP contribution in [0.3, 0.4) is 0 Å². The molecule has 0 atom stereocenters. The third kappa shape index (κ3) is 3.58. The number of aryl methyl sites for hydroxylation is 1. The summed E-state index contributed by atoms with van der Waals surface area (Å²) in [6.07, 6.45) is 2.44. The van der Waals surface area contributed by atoms with Gasteiger partial charge in [-0.25, -0.2) is 4.98 Å². The van der Waals surface area contributed by atoms with Gasteiger partial charge in [0, 0.05) is 6.54 Å². The average molecular weight is 278 g/mol. The first-order valence-corrected chi connectivity index (χ1v) is 6.43. The Hall–Kier alpha value is -1.81. The zero-order chi connectivity index (χ0) is 13.7. The number of anilines is 1. The largest absolute Gasteiger partial charge is 0.467 e. The third-order valence-electron chi connectivity index (χ3n) is 2.85. The smallest absolute Gasteiger partial charge is 0.318 e. The molecule has 2 aromatic rings. The van der Waals surface area contributed by atoms with E-state index >= 15 is 0 Å². The Kier molecular flexibility index (Phi) is 4.58. The van der Waals surface area contributed by atoms with Gasteiger partial charge in [0.2, 0.25) is 0 Å². The van der Waals surface area contributed by atoms with Crippen molar-refractivity contribution < 1.29 is 4.74 Å². The maximum atomic E-state index is 6.02. The Bertz CT molecular complexity index is 560. The van der Waals surface area contributed by atoms with Gasteiger partial charge < -0.3 is 10.1 Å². The maximum Gasteiger partial charge on any atom is 0.318 e. The fraction of sp³-hybridized carbons (Fsp3) is 0.286. The van der Waals surface area contributed by atoms with E-state index in [1.807, 2.05) is 12.1 Å². The fourth-order valence-electron chi connectivity index (χ4n) is 1.78. The number of ether oxygens (including phenoxy) is 1. The van der Waals surface area contributed by atoms with E-state index in [1.54, 1.807) is 0 Å². The molecule has 5 heteroatoms. The van der Waals surface area contributed by atoms with E-state index in [0.717, 1.165) is 13.0 Å². The number of hydrogen-bond donors (Lipinski definition) is 1. The Balaban J connectivity index is 1.98. The second kappa shape index (κ2) is 6.38. The van der Waals surface area contributed by atoms with Crippen molar-refractivity contribution >= 4 is 17.4 Å². The maximum absolute atomic E-state index is 6.02. The molecule has 1 aromatic heterocycles. The highest BCUT2D eigenvalue weighted by Gasteiger charge is 2.05. The van der Waals surface area contributed by atoms with Crippen LogP contribution in [0.1, 0.15) is 11.1 Å². The fourth-order valence-corrected chi connectivity index (χ4v) is 1.94. The predicted molar refractivity (Wildman–Crippen MR) is 77.0 cm³/mol. The average Bonchev–Trinajstić information content (AvgIpc) is 2.43. The van der Waals surface area contributed by atoms with Crippen LogP contribution in [0.25, 0.3) is 0 Å². The van der Waals surface area contributed by atoms with Crippen LogP contribution in [0.5, 0.6) is 6.01 Å². The molecule has 0 saturated heterocycles. The number of aromatic nitrogens is 2. The lowest BCUT2D eigenvalue weighted by molar-refractivity contribution is 0.380. The summed E-state index contributed by atoms with van der Waals surface area (Å²) in [5.41, 5.74) is 2.60. The minimum Gasteiger partial charge on any atom is -0.467 e. The molecule has 0 amide bonds. The highest BCUT2D eigenvalue weighted by molar-refractivity contribution is 6.32. The molecule has 2 rings (SSSR count). The van der Waals surface area contributed by atoms with Gasteiger partial charge >= 0.3 is 6.01 Å². The monoisotopic (exact) mass is 277 g/mol. The van der Waals surface area contributed by atoms with Gasteiger partial charge in [0.1, 0.15) is 5.02 Å². The lowest BCUT2D eigenvalue weighted by Crippen LogP contribution is -2.08. The molecule has 1 aromatic carbocycles. The first kappa shape index (κ1) is 13.6. The summed E-state index contributed by atoms with van der Waals surface area (Å²) in [7, 11) is 1.53.